The Hall–Kier alpha value is -2.73. The standard InChI is InChI=1S/C19H16BrN3O2/c1-13-11-18(25)23(19(21-13)14-5-3-2-4-6-14)12-17(24)22-16-9-7-15(20)8-10-16/h2-11H,12H2,1H3,(H,22,24). The third kappa shape index (κ3) is 4.22. The van der Waals surface area contributed by atoms with E-state index in [-0.39, 0.29) is 18.0 Å². The van der Waals surface area contributed by atoms with E-state index in [1.807, 2.05) is 42.5 Å². The van der Waals surface area contributed by atoms with E-state index in [1.165, 1.54) is 10.6 Å². The molecule has 0 fully saturated rings. The summed E-state index contributed by atoms with van der Waals surface area (Å²) in [5.74, 6) is 0.198. The van der Waals surface area contributed by atoms with Gasteiger partial charge in [0.1, 0.15) is 12.4 Å². The third-order valence-corrected chi connectivity index (χ3v) is 4.13. The molecule has 1 heterocycles. The maximum Gasteiger partial charge on any atom is 0.254 e. The summed E-state index contributed by atoms with van der Waals surface area (Å²) in [6, 6.07) is 18.0. The van der Waals surface area contributed by atoms with E-state index in [4.69, 9.17) is 0 Å². The lowest BCUT2D eigenvalue weighted by atomic mass is 10.2. The zero-order chi connectivity index (χ0) is 17.8. The molecular weight excluding hydrogens is 382 g/mol. The minimum absolute atomic E-state index is 0.105. The quantitative estimate of drug-likeness (QED) is 0.730. The number of benzene rings is 2. The van der Waals surface area contributed by atoms with Crippen molar-refractivity contribution < 1.29 is 4.79 Å². The molecule has 2 aromatic carbocycles. The Balaban J connectivity index is 1.90. The van der Waals surface area contributed by atoms with E-state index in [0.717, 1.165) is 10.0 Å². The Kier molecular flexibility index (Phi) is 5.09. The number of aryl methyl sites for hydroxylation is 1. The van der Waals surface area contributed by atoms with Crippen molar-refractivity contribution in [2.75, 3.05) is 5.32 Å². The molecule has 0 saturated heterocycles. The lowest BCUT2D eigenvalue weighted by Gasteiger charge is -2.13. The Morgan fingerprint density at radius 3 is 2.48 bits per heavy atom. The topological polar surface area (TPSA) is 64.0 Å². The Bertz CT molecular complexity index is 951. The summed E-state index contributed by atoms with van der Waals surface area (Å²) in [6.07, 6.45) is 0. The van der Waals surface area contributed by atoms with Gasteiger partial charge in [0.25, 0.3) is 5.56 Å². The van der Waals surface area contributed by atoms with Crippen LogP contribution in [0.2, 0.25) is 0 Å². The van der Waals surface area contributed by atoms with E-state index in [0.29, 0.717) is 17.2 Å². The lowest BCUT2D eigenvalue weighted by Crippen LogP contribution is -2.29. The van der Waals surface area contributed by atoms with Crippen molar-refractivity contribution in [1.29, 1.82) is 0 Å². The van der Waals surface area contributed by atoms with Crippen LogP contribution in [0.1, 0.15) is 5.69 Å². The summed E-state index contributed by atoms with van der Waals surface area (Å²) in [6.45, 7) is 1.66. The van der Waals surface area contributed by atoms with Crippen molar-refractivity contribution >= 4 is 27.5 Å². The number of hydrogen-bond acceptors (Lipinski definition) is 3. The number of nitrogens with one attached hydrogen (secondary N) is 1. The Morgan fingerprint density at radius 1 is 1.12 bits per heavy atom. The van der Waals surface area contributed by atoms with Crippen molar-refractivity contribution in [1.82, 2.24) is 9.55 Å². The molecule has 25 heavy (non-hydrogen) atoms. The van der Waals surface area contributed by atoms with Crippen LogP contribution in [0.15, 0.2) is 69.9 Å². The van der Waals surface area contributed by atoms with E-state index in [9.17, 15) is 9.59 Å². The van der Waals surface area contributed by atoms with Gasteiger partial charge in [-0.05, 0) is 31.2 Å². The van der Waals surface area contributed by atoms with Crippen molar-refractivity contribution in [2.24, 2.45) is 0 Å². The molecule has 1 N–H and O–H groups in total. The van der Waals surface area contributed by atoms with Gasteiger partial charge in [-0.25, -0.2) is 4.98 Å². The highest BCUT2D eigenvalue weighted by Gasteiger charge is 2.13. The van der Waals surface area contributed by atoms with Crippen LogP contribution in [-0.2, 0) is 11.3 Å². The summed E-state index contributed by atoms with van der Waals surface area (Å²) in [5.41, 5.74) is 1.83. The summed E-state index contributed by atoms with van der Waals surface area (Å²) in [7, 11) is 0. The summed E-state index contributed by atoms with van der Waals surface area (Å²) < 4.78 is 2.31. The van der Waals surface area contributed by atoms with Crippen LogP contribution in [0.4, 0.5) is 5.69 Å². The number of carbonyl (C=O) groups is 1. The predicted molar refractivity (Wildman–Crippen MR) is 101 cm³/mol. The SMILES string of the molecule is Cc1cc(=O)n(CC(=O)Nc2ccc(Br)cc2)c(-c2ccccc2)n1. The minimum atomic E-state index is -0.285. The first-order valence-electron chi connectivity index (χ1n) is 7.72. The fourth-order valence-corrected chi connectivity index (χ4v) is 2.72. The number of aromatic nitrogens is 2. The molecule has 3 aromatic rings. The number of nitrogens with zero attached hydrogens (tertiary/aromatic N) is 2. The lowest BCUT2D eigenvalue weighted by molar-refractivity contribution is -0.116. The number of halogens is 1. The zero-order valence-corrected chi connectivity index (χ0v) is 15.2. The van der Waals surface area contributed by atoms with Crippen molar-refractivity contribution in [3.63, 3.8) is 0 Å². The first-order valence-corrected chi connectivity index (χ1v) is 8.51. The molecule has 0 unspecified atom stereocenters. The molecule has 126 valence electrons. The van der Waals surface area contributed by atoms with Gasteiger partial charge in [-0.1, -0.05) is 46.3 Å². The van der Waals surface area contributed by atoms with Crippen LogP contribution in [0.3, 0.4) is 0 Å². The van der Waals surface area contributed by atoms with Crippen LogP contribution in [0, 0.1) is 6.92 Å². The zero-order valence-electron chi connectivity index (χ0n) is 13.6. The van der Waals surface area contributed by atoms with Gasteiger partial charge in [-0.15, -0.1) is 0 Å². The first kappa shape index (κ1) is 17.1. The predicted octanol–water partition coefficient (Wildman–Crippen LogP) is 3.62. The Morgan fingerprint density at radius 2 is 1.80 bits per heavy atom. The number of amides is 1. The van der Waals surface area contributed by atoms with Crippen molar-refractivity contribution in [3.8, 4) is 11.4 Å². The molecule has 6 heteroatoms. The van der Waals surface area contributed by atoms with Gasteiger partial charge in [-0.2, -0.15) is 0 Å². The summed E-state index contributed by atoms with van der Waals surface area (Å²) in [4.78, 5) is 29.2. The van der Waals surface area contributed by atoms with E-state index >= 15 is 0 Å². The van der Waals surface area contributed by atoms with E-state index in [2.05, 4.69) is 26.2 Å². The van der Waals surface area contributed by atoms with Crippen LogP contribution in [-0.4, -0.2) is 15.5 Å². The highest BCUT2D eigenvalue weighted by Crippen LogP contribution is 2.17. The van der Waals surface area contributed by atoms with Gasteiger partial charge in [0, 0.05) is 27.5 Å². The van der Waals surface area contributed by atoms with E-state index in [1.54, 1.807) is 19.1 Å². The van der Waals surface area contributed by atoms with Crippen LogP contribution >= 0.6 is 15.9 Å². The molecule has 1 amide bonds. The third-order valence-electron chi connectivity index (χ3n) is 3.60. The Labute approximate surface area is 153 Å². The maximum absolute atomic E-state index is 12.4. The molecule has 0 aliphatic heterocycles. The summed E-state index contributed by atoms with van der Waals surface area (Å²) in [5, 5.41) is 2.79. The van der Waals surface area contributed by atoms with E-state index < -0.39 is 0 Å². The fourth-order valence-electron chi connectivity index (χ4n) is 2.46. The van der Waals surface area contributed by atoms with Gasteiger partial charge in [0.05, 0.1) is 0 Å². The monoisotopic (exact) mass is 397 g/mol. The fraction of sp³-hybridized carbons (Fsp3) is 0.105. The molecule has 0 bridgehead atoms. The first-order chi connectivity index (χ1) is 12.0. The molecule has 0 aliphatic rings. The van der Waals surface area contributed by atoms with Crippen molar-refractivity contribution in [3.05, 3.63) is 81.2 Å². The summed E-state index contributed by atoms with van der Waals surface area (Å²) >= 11 is 3.35. The number of rotatable bonds is 4. The molecule has 0 aliphatic carbocycles. The van der Waals surface area contributed by atoms with Crippen LogP contribution in [0.5, 0.6) is 0 Å². The second kappa shape index (κ2) is 7.44. The molecule has 0 atom stereocenters. The van der Waals surface area contributed by atoms with Crippen LogP contribution in [0.25, 0.3) is 11.4 Å². The average molecular weight is 398 g/mol. The number of hydrogen-bond donors (Lipinski definition) is 1. The molecule has 3 rings (SSSR count). The second-order valence-electron chi connectivity index (χ2n) is 5.57. The van der Waals surface area contributed by atoms with Gasteiger partial charge in [0.2, 0.25) is 5.91 Å². The molecule has 0 saturated carbocycles. The van der Waals surface area contributed by atoms with Gasteiger partial charge in [-0.3, -0.25) is 14.2 Å². The normalized spacial score (nSPS) is 10.5. The molecule has 0 radical (unpaired) electrons. The van der Waals surface area contributed by atoms with Crippen molar-refractivity contribution in [2.45, 2.75) is 13.5 Å². The molecule has 0 spiro atoms. The van der Waals surface area contributed by atoms with Gasteiger partial charge >= 0.3 is 0 Å². The number of anilines is 1. The highest BCUT2D eigenvalue weighted by molar-refractivity contribution is 9.10. The van der Waals surface area contributed by atoms with Crippen LogP contribution < -0.4 is 10.9 Å². The maximum atomic E-state index is 12.4. The largest absolute Gasteiger partial charge is 0.325 e. The smallest absolute Gasteiger partial charge is 0.254 e. The van der Waals surface area contributed by atoms with Gasteiger partial charge in [0.15, 0.2) is 0 Å². The molecule has 5 nitrogen and oxygen atoms in total. The van der Waals surface area contributed by atoms with Gasteiger partial charge < -0.3 is 5.32 Å². The minimum Gasteiger partial charge on any atom is -0.325 e. The highest BCUT2D eigenvalue weighted by atomic mass is 79.9. The number of carbonyl (C=O) groups excluding carboxylic acids is 1. The second-order valence-corrected chi connectivity index (χ2v) is 6.48. The molecule has 1 aromatic heterocycles. The molecular formula is C19H16BrN3O2. The average Bonchev–Trinajstić information content (AvgIpc) is 2.60.